The van der Waals surface area contributed by atoms with Gasteiger partial charge < -0.3 is 9.80 Å². The summed E-state index contributed by atoms with van der Waals surface area (Å²) in [7, 11) is 0. The van der Waals surface area contributed by atoms with Crippen LogP contribution in [0.2, 0.25) is 5.02 Å². The molecule has 1 saturated heterocycles. The van der Waals surface area contributed by atoms with Crippen LogP contribution in [-0.4, -0.2) is 52.1 Å². The van der Waals surface area contributed by atoms with Crippen LogP contribution in [0.1, 0.15) is 16.1 Å². The summed E-state index contributed by atoms with van der Waals surface area (Å²) in [5.74, 6) is 0.556. The molecule has 0 saturated carbocycles. The zero-order valence-electron chi connectivity index (χ0n) is 13.6. The molecule has 0 N–H and O–H groups in total. The molecule has 1 aromatic heterocycles. The van der Waals surface area contributed by atoms with Gasteiger partial charge in [-0.15, -0.1) is 5.10 Å². The van der Waals surface area contributed by atoms with E-state index in [4.69, 9.17) is 11.6 Å². The third-order valence-electron chi connectivity index (χ3n) is 4.07. The quantitative estimate of drug-likeness (QED) is 0.615. The second kappa shape index (κ2) is 7.02. The van der Waals surface area contributed by atoms with E-state index in [2.05, 4.69) is 15.1 Å². The topological polar surface area (TPSA) is 92.5 Å². The first-order valence-electron chi connectivity index (χ1n) is 7.74. The van der Waals surface area contributed by atoms with Crippen molar-refractivity contribution in [3.8, 4) is 0 Å². The number of amides is 1. The lowest BCUT2D eigenvalue weighted by atomic mass is 10.1. The van der Waals surface area contributed by atoms with Crippen LogP contribution >= 0.6 is 11.6 Å². The molecule has 0 radical (unpaired) electrons. The minimum atomic E-state index is -0.540. The highest BCUT2D eigenvalue weighted by Gasteiger charge is 2.25. The van der Waals surface area contributed by atoms with Crippen LogP contribution in [0.4, 0.5) is 11.5 Å². The highest BCUT2D eigenvalue weighted by Crippen LogP contribution is 2.24. The summed E-state index contributed by atoms with van der Waals surface area (Å²) < 4.78 is 0. The van der Waals surface area contributed by atoms with Crippen molar-refractivity contribution in [2.75, 3.05) is 31.1 Å². The van der Waals surface area contributed by atoms with Gasteiger partial charge in [-0.25, -0.2) is 0 Å². The predicted octanol–water partition coefficient (Wildman–Crippen LogP) is 2.31. The highest BCUT2D eigenvalue weighted by atomic mass is 35.5. The molecule has 1 aliphatic heterocycles. The fourth-order valence-corrected chi connectivity index (χ4v) is 2.92. The highest BCUT2D eigenvalue weighted by molar-refractivity contribution is 6.34. The number of hydrogen-bond donors (Lipinski definition) is 0. The first-order chi connectivity index (χ1) is 12.0. The number of piperazine rings is 1. The molecule has 1 fully saturated rings. The summed E-state index contributed by atoms with van der Waals surface area (Å²) in [4.78, 5) is 26.6. The molecule has 0 unspecified atom stereocenters. The maximum Gasteiger partial charge on any atom is 0.270 e. The van der Waals surface area contributed by atoms with Crippen LogP contribution in [-0.2, 0) is 0 Å². The van der Waals surface area contributed by atoms with Gasteiger partial charge in [-0.2, -0.15) is 5.10 Å². The van der Waals surface area contributed by atoms with E-state index >= 15 is 0 Å². The molecule has 0 spiro atoms. The molecule has 9 heteroatoms. The lowest BCUT2D eigenvalue weighted by molar-refractivity contribution is -0.384. The van der Waals surface area contributed by atoms with Crippen molar-refractivity contribution in [1.82, 2.24) is 15.1 Å². The number of non-ortho nitro benzene ring substituents is 1. The van der Waals surface area contributed by atoms with Gasteiger partial charge in [0, 0.05) is 38.3 Å². The van der Waals surface area contributed by atoms with Gasteiger partial charge >= 0.3 is 0 Å². The Balaban J connectivity index is 1.67. The van der Waals surface area contributed by atoms with Crippen LogP contribution in [0.15, 0.2) is 30.3 Å². The van der Waals surface area contributed by atoms with Crippen LogP contribution in [0.25, 0.3) is 0 Å². The molecule has 130 valence electrons. The minimum absolute atomic E-state index is 0.0889. The van der Waals surface area contributed by atoms with Crippen LogP contribution in [0, 0.1) is 17.0 Å². The Morgan fingerprint density at radius 1 is 1.16 bits per heavy atom. The Bertz CT molecular complexity index is 804. The monoisotopic (exact) mass is 361 g/mol. The molecule has 8 nitrogen and oxygen atoms in total. The van der Waals surface area contributed by atoms with Crippen molar-refractivity contribution in [3.05, 3.63) is 56.7 Å². The summed E-state index contributed by atoms with van der Waals surface area (Å²) in [5.41, 5.74) is 0.991. The minimum Gasteiger partial charge on any atom is -0.352 e. The van der Waals surface area contributed by atoms with Crippen molar-refractivity contribution >= 4 is 29.0 Å². The number of nitro benzene ring substituents is 1. The number of aryl methyl sites for hydroxylation is 1. The van der Waals surface area contributed by atoms with Crippen molar-refractivity contribution in [1.29, 1.82) is 0 Å². The molecule has 2 aromatic rings. The van der Waals surface area contributed by atoms with Gasteiger partial charge in [0.05, 0.1) is 21.2 Å². The molecule has 25 heavy (non-hydrogen) atoms. The number of anilines is 1. The number of aromatic nitrogens is 2. The van der Waals surface area contributed by atoms with E-state index in [9.17, 15) is 14.9 Å². The number of nitrogens with zero attached hydrogens (tertiary/aromatic N) is 5. The molecular weight excluding hydrogens is 346 g/mol. The second-order valence-electron chi connectivity index (χ2n) is 5.73. The maximum absolute atomic E-state index is 12.6. The predicted molar refractivity (Wildman–Crippen MR) is 93.0 cm³/mol. The lowest BCUT2D eigenvalue weighted by Crippen LogP contribution is -2.49. The van der Waals surface area contributed by atoms with Crippen molar-refractivity contribution < 1.29 is 9.72 Å². The number of carbonyl (C=O) groups is 1. The summed E-state index contributed by atoms with van der Waals surface area (Å²) in [6.07, 6.45) is 0. The Labute approximate surface area is 149 Å². The zero-order valence-corrected chi connectivity index (χ0v) is 14.3. The van der Waals surface area contributed by atoms with Crippen molar-refractivity contribution in [2.45, 2.75) is 6.92 Å². The first-order valence-corrected chi connectivity index (χ1v) is 8.12. The van der Waals surface area contributed by atoms with Gasteiger partial charge in [0.2, 0.25) is 0 Å². The molecule has 3 rings (SSSR count). The summed E-state index contributed by atoms with van der Waals surface area (Å²) in [5, 5.41) is 19.1. The number of benzene rings is 1. The molecule has 2 heterocycles. The summed E-state index contributed by atoms with van der Waals surface area (Å²) in [6.45, 7) is 4.17. The van der Waals surface area contributed by atoms with E-state index < -0.39 is 4.92 Å². The van der Waals surface area contributed by atoms with E-state index in [1.54, 1.807) is 4.90 Å². The van der Waals surface area contributed by atoms with E-state index in [1.807, 2.05) is 19.1 Å². The Hall–Kier alpha value is -2.74. The lowest BCUT2D eigenvalue weighted by Gasteiger charge is -2.35. The Morgan fingerprint density at radius 2 is 1.88 bits per heavy atom. The average molecular weight is 362 g/mol. The van der Waals surface area contributed by atoms with E-state index in [0.29, 0.717) is 26.2 Å². The van der Waals surface area contributed by atoms with Crippen LogP contribution in [0.3, 0.4) is 0 Å². The Morgan fingerprint density at radius 3 is 2.44 bits per heavy atom. The molecule has 1 aromatic carbocycles. The zero-order chi connectivity index (χ0) is 18.0. The third-order valence-corrected chi connectivity index (χ3v) is 4.38. The van der Waals surface area contributed by atoms with Gasteiger partial charge in [-0.1, -0.05) is 11.6 Å². The van der Waals surface area contributed by atoms with E-state index in [0.717, 1.165) is 11.5 Å². The van der Waals surface area contributed by atoms with Crippen LogP contribution < -0.4 is 4.90 Å². The van der Waals surface area contributed by atoms with Gasteiger partial charge in [-0.3, -0.25) is 14.9 Å². The number of nitro groups is 1. The molecule has 1 aliphatic rings. The van der Waals surface area contributed by atoms with Crippen molar-refractivity contribution in [3.63, 3.8) is 0 Å². The van der Waals surface area contributed by atoms with Gasteiger partial charge in [0.1, 0.15) is 0 Å². The number of carbonyl (C=O) groups excluding carboxylic acids is 1. The molecule has 0 aliphatic carbocycles. The van der Waals surface area contributed by atoms with Crippen LogP contribution in [0.5, 0.6) is 0 Å². The van der Waals surface area contributed by atoms with Gasteiger partial charge in [0.15, 0.2) is 5.82 Å². The SMILES string of the molecule is Cc1ccc(N2CCN(C(=O)c3ccc([N+](=O)[O-])cc3Cl)CC2)nn1. The second-order valence-corrected chi connectivity index (χ2v) is 6.14. The summed E-state index contributed by atoms with van der Waals surface area (Å²) in [6, 6.07) is 7.70. The smallest absolute Gasteiger partial charge is 0.270 e. The van der Waals surface area contributed by atoms with E-state index in [1.165, 1.54) is 18.2 Å². The Kier molecular flexibility index (Phi) is 4.80. The fraction of sp³-hybridized carbons (Fsp3) is 0.312. The maximum atomic E-state index is 12.6. The van der Waals surface area contributed by atoms with E-state index in [-0.39, 0.29) is 22.2 Å². The molecular formula is C16H16ClN5O3. The van der Waals surface area contributed by atoms with Crippen molar-refractivity contribution in [2.24, 2.45) is 0 Å². The average Bonchev–Trinajstić information content (AvgIpc) is 2.62. The molecule has 0 atom stereocenters. The largest absolute Gasteiger partial charge is 0.352 e. The number of halogens is 1. The number of hydrogen-bond acceptors (Lipinski definition) is 6. The number of rotatable bonds is 3. The first kappa shape index (κ1) is 17.1. The molecule has 0 bridgehead atoms. The normalized spacial score (nSPS) is 14.5. The fourth-order valence-electron chi connectivity index (χ4n) is 2.66. The molecule has 1 amide bonds. The standard InChI is InChI=1S/C16H16ClN5O3/c1-11-2-5-15(19-18-11)20-6-8-21(9-7-20)16(23)13-4-3-12(22(24)25)10-14(13)17/h2-5,10H,6-9H2,1H3. The van der Waals surface area contributed by atoms with Gasteiger partial charge in [-0.05, 0) is 25.1 Å². The third kappa shape index (κ3) is 3.69. The van der Waals surface area contributed by atoms with Gasteiger partial charge in [0.25, 0.3) is 11.6 Å². The summed E-state index contributed by atoms with van der Waals surface area (Å²) >= 11 is 6.05.